The second kappa shape index (κ2) is 5.52. The van der Waals surface area contributed by atoms with E-state index in [-0.39, 0.29) is 0 Å². The van der Waals surface area contributed by atoms with Crippen LogP contribution in [0.1, 0.15) is 32.1 Å². The molecule has 0 amide bonds. The van der Waals surface area contributed by atoms with Gasteiger partial charge in [-0.15, -0.1) is 0 Å². The van der Waals surface area contributed by atoms with Crippen molar-refractivity contribution in [2.75, 3.05) is 13.2 Å². The summed E-state index contributed by atoms with van der Waals surface area (Å²) < 4.78 is 0. The van der Waals surface area contributed by atoms with Crippen molar-refractivity contribution in [3.63, 3.8) is 0 Å². The maximum atomic E-state index is 4.92. The summed E-state index contributed by atoms with van der Waals surface area (Å²) in [5, 5.41) is 3.48. The van der Waals surface area contributed by atoms with Crippen LogP contribution in [0.3, 0.4) is 0 Å². The smallest absolute Gasteiger partial charge is 0.0679 e. The topological polar surface area (TPSA) is 47.3 Å². The van der Waals surface area contributed by atoms with Crippen molar-refractivity contribution in [2.45, 2.75) is 38.1 Å². The molecule has 0 aromatic heterocycles. The molecule has 0 radical (unpaired) electrons. The number of hydrogen-bond donors (Lipinski definition) is 2. The maximum absolute atomic E-state index is 4.92. The van der Waals surface area contributed by atoms with Gasteiger partial charge in [-0.3, -0.25) is 0 Å². The van der Waals surface area contributed by atoms with Gasteiger partial charge in [0.2, 0.25) is 0 Å². The van der Waals surface area contributed by atoms with Crippen molar-refractivity contribution in [3.05, 3.63) is 0 Å². The molecule has 0 spiro atoms. The lowest BCUT2D eigenvalue weighted by molar-refractivity contribution is 0.130. The molecule has 3 N–H and O–H groups in total. The number of rotatable bonds is 4. The summed E-state index contributed by atoms with van der Waals surface area (Å²) >= 11 is 0. The van der Waals surface area contributed by atoms with E-state index in [1.807, 2.05) is 0 Å². The van der Waals surface area contributed by atoms with Crippen LogP contribution < -0.4 is 11.2 Å². The molecule has 1 fully saturated rings. The lowest BCUT2D eigenvalue weighted by atomic mass is 10.0. The molecule has 1 aliphatic heterocycles. The molecule has 0 saturated carbocycles. The van der Waals surface area contributed by atoms with Crippen molar-refractivity contribution in [3.8, 4) is 0 Å². The standard InChI is InChI=1S/C8H18N2O/c9-11-7-3-5-8-4-1-2-6-10-8/h8,10H,1-7,9H2. The molecule has 66 valence electrons. The van der Waals surface area contributed by atoms with E-state index in [4.69, 9.17) is 5.90 Å². The van der Waals surface area contributed by atoms with Crippen LogP contribution in [0.15, 0.2) is 0 Å². The number of nitrogens with two attached hydrogens (primary N) is 1. The molecule has 0 aromatic rings. The van der Waals surface area contributed by atoms with E-state index in [1.165, 1.54) is 32.2 Å². The van der Waals surface area contributed by atoms with Crippen LogP contribution in [0.25, 0.3) is 0 Å². The summed E-state index contributed by atoms with van der Waals surface area (Å²) in [5.41, 5.74) is 0. The second-order valence-corrected chi connectivity index (χ2v) is 3.16. The number of hydrogen-bond acceptors (Lipinski definition) is 3. The molecule has 1 aliphatic rings. The maximum Gasteiger partial charge on any atom is 0.0679 e. The zero-order valence-corrected chi connectivity index (χ0v) is 7.01. The average molecular weight is 158 g/mol. The van der Waals surface area contributed by atoms with Crippen LogP contribution in [0.5, 0.6) is 0 Å². The quantitative estimate of drug-likeness (QED) is 0.470. The third kappa shape index (κ3) is 3.70. The Balaban J connectivity index is 1.96. The highest BCUT2D eigenvalue weighted by Crippen LogP contribution is 2.11. The summed E-state index contributed by atoms with van der Waals surface area (Å²) in [5.74, 6) is 4.92. The Morgan fingerprint density at radius 1 is 1.45 bits per heavy atom. The largest absolute Gasteiger partial charge is 0.314 e. The molecule has 3 nitrogen and oxygen atoms in total. The third-order valence-corrected chi connectivity index (χ3v) is 2.23. The predicted octanol–water partition coefficient (Wildman–Crippen LogP) is 0.799. The highest BCUT2D eigenvalue weighted by Gasteiger charge is 2.10. The Morgan fingerprint density at radius 3 is 3.00 bits per heavy atom. The lowest BCUT2D eigenvalue weighted by Crippen LogP contribution is -2.34. The van der Waals surface area contributed by atoms with Crippen LogP contribution >= 0.6 is 0 Å². The van der Waals surface area contributed by atoms with Crippen LogP contribution in [0, 0.1) is 0 Å². The third-order valence-electron chi connectivity index (χ3n) is 2.23. The van der Waals surface area contributed by atoms with Gasteiger partial charge in [-0.05, 0) is 32.2 Å². The van der Waals surface area contributed by atoms with E-state index < -0.39 is 0 Å². The fraction of sp³-hybridized carbons (Fsp3) is 1.00. The van der Waals surface area contributed by atoms with E-state index in [0.717, 1.165) is 12.5 Å². The molecule has 0 aliphatic carbocycles. The van der Waals surface area contributed by atoms with Gasteiger partial charge >= 0.3 is 0 Å². The van der Waals surface area contributed by atoms with Gasteiger partial charge in [-0.1, -0.05) is 6.42 Å². The van der Waals surface area contributed by atoms with Gasteiger partial charge < -0.3 is 10.2 Å². The fourth-order valence-electron chi connectivity index (χ4n) is 1.58. The average Bonchev–Trinajstić information content (AvgIpc) is 2.07. The molecule has 1 heterocycles. The van der Waals surface area contributed by atoms with Crippen molar-refractivity contribution >= 4 is 0 Å². The zero-order valence-electron chi connectivity index (χ0n) is 7.01. The lowest BCUT2D eigenvalue weighted by Gasteiger charge is -2.22. The Bertz CT molecular complexity index is 92.1. The van der Waals surface area contributed by atoms with Gasteiger partial charge in [0.05, 0.1) is 6.61 Å². The van der Waals surface area contributed by atoms with Gasteiger partial charge in [-0.25, -0.2) is 5.90 Å². The van der Waals surface area contributed by atoms with Gasteiger partial charge in [-0.2, -0.15) is 0 Å². The van der Waals surface area contributed by atoms with E-state index in [0.29, 0.717) is 6.61 Å². The monoisotopic (exact) mass is 158 g/mol. The first kappa shape index (κ1) is 8.97. The van der Waals surface area contributed by atoms with Crippen LogP contribution in [-0.2, 0) is 4.84 Å². The summed E-state index contributed by atoms with van der Waals surface area (Å²) in [4.78, 5) is 4.51. The second-order valence-electron chi connectivity index (χ2n) is 3.16. The minimum Gasteiger partial charge on any atom is -0.314 e. The first-order valence-corrected chi connectivity index (χ1v) is 4.48. The van der Waals surface area contributed by atoms with E-state index in [9.17, 15) is 0 Å². The van der Waals surface area contributed by atoms with Gasteiger partial charge in [0.15, 0.2) is 0 Å². The summed E-state index contributed by atoms with van der Waals surface area (Å²) in [6.07, 6.45) is 6.32. The highest BCUT2D eigenvalue weighted by atomic mass is 16.6. The van der Waals surface area contributed by atoms with Crippen LogP contribution in [-0.4, -0.2) is 19.2 Å². The van der Waals surface area contributed by atoms with Crippen molar-refractivity contribution in [1.82, 2.24) is 5.32 Å². The van der Waals surface area contributed by atoms with Gasteiger partial charge in [0.25, 0.3) is 0 Å². The van der Waals surface area contributed by atoms with E-state index in [1.54, 1.807) is 0 Å². The molecule has 1 atom stereocenters. The number of piperidine rings is 1. The fourth-order valence-corrected chi connectivity index (χ4v) is 1.58. The summed E-state index contributed by atoms with van der Waals surface area (Å²) in [6.45, 7) is 1.88. The van der Waals surface area contributed by atoms with E-state index >= 15 is 0 Å². The zero-order chi connectivity index (χ0) is 7.94. The molecule has 0 aromatic carbocycles. The van der Waals surface area contributed by atoms with Crippen LogP contribution in [0.2, 0.25) is 0 Å². The molecular weight excluding hydrogens is 140 g/mol. The molecule has 1 unspecified atom stereocenters. The van der Waals surface area contributed by atoms with Crippen molar-refractivity contribution < 1.29 is 4.84 Å². The summed E-state index contributed by atoms with van der Waals surface area (Å²) in [6, 6.07) is 0.721. The SMILES string of the molecule is NOCCCC1CCCCN1. The first-order chi connectivity index (χ1) is 5.43. The number of nitrogens with one attached hydrogen (secondary N) is 1. The Morgan fingerprint density at radius 2 is 2.36 bits per heavy atom. The van der Waals surface area contributed by atoms with Gasteiger partial charge in [0.1, 0.15) is 0 Å². The van der Waals surface area contributed by atoms with E-state index in [2.05, 4.69) is 10.2 Å². The molecular formula is C8H18N2O. The van der Waals surface area contributed by atoms with Crippen molar-refractivity contribution in [1.29, 1.82) is 0 Å². The Kier molecular flexibility index (Phi) is 4.50. The molecule has 1 rings (SSSR count). The van der Waals surface area contributed by atoms with Crippen molar-refractivity contribution in [2.24, 2.45) is 5.90 Å². The Labute approximate surface area is 68.2 Å². The molecule has 3 heteroatoms. The minimum atomic E-state index is 0.693. The van der Waals surface area contributed by atoms with Crippen LogP contribution in [0.4, 0.5) is 0 Å². The molecule has 1 saturated heterocycles. The highest BCUT2D eigenvalue weighted by molar-refractivity contribution is 4.71. The first-order valence-electron chi connectivity index (χ1n) is 4.48. The summed E-state index contributed by atoms with van der Waals surface area (Å²) in [7, 11) is 0. The van der Waals surface area contributed by atoms with Gasteiger partial charge in [0, 0.05) is 6.04 Å². The molecule has 11 heavy (non-hydrogen) atoms. The Hall–Kier alpha value is -0.120. The normalized spacial score (nSPS) is 25.4. The predicted molar refractivity (Wildman–Crippen MR) is 45.0 cm³/mol. The minimum absolute atomic E-state index is 0.693. The molecule has 0 bridgehead atoms.